The van der Waals surface area contributed by atoms with Crippen molar-refractivity contribution in [1.29, 1.82) is 0 Å². The highest BCUT2D eigenvalue weighted by atomic mass is 35.5. The third-order valence-electron chi connectivity index (χ3n) is 3.60. The monoisotopic (exact) mass is 356 g/mol. The maximum Gasteiger partial charge on any atom is 0.250 e. The molecule has 1 aliphatic heterocycles. The molecule has 0 saturated carbocycles. The van der Waals surface area contributed by atoms with Crippen LogP contribution in [0.3, 0.4) is 0 Å². The second-order valence-electron chi connectivity index (χ2n) is 4.77. The number of primary amides is 1. The summed E-state index contributed by atoms with van der Waals surface area (Å²) in [6, 6.07) is 5.28. The summed E-state index contributed by atoms with van der Waals surface area (Å²) < 4.78 is 0. The van der Waals surface area contributed by atoms with E-state index >= 15 is 0 Å². The highest BCUT2D eigenvalue weighted by Gasteiger charge is 2.23. The van der Waals surface area contributed by atoms with E-state index in [-0.39, 0.29) is 37.2 Å². The Morgan fingerprint density at radius 1 is 1.19 bits per heavy atom. The predicted molar refractivity (Wildman–Crippen MR) is 95.1 cm³/mol. The molecule has 21 heavy (non-hydrogen) atoms. The highest BCUT2D eigenvalue weighted by Crippen LogP contribution is 2.31. The van der Waals surface area contributed by atoms with Crippen LogP contribution in [-0.2, 0) is 0 Å². The normalized spacial score (nSPS) is 14.4. The Morgan fingerprint density at radius 3 is 2.24 bits per heavy atom. The summed E-state index contributed by atoms with van der Waals surface area (Å²) in [4.78, 5) is 13.6. The first-order chi connectivity index (χ1) is 8.63. The Hall–Kier alpha value is -0.880. The SMILES string of the molecule is Cl.Cl.Cl.NCC1CCN(c2c(N)cccc2C(N)=O)CC1. The summed E-state index contributed by atoms with van der Waals surface area (Å²) in [5.74, 6) is 0.140. The minimum Gasteiger partial charge on any atom is -0.397 e. The summed E-state index contributed by atoms with van der Waals surface area (Å²) in [5, 5.41) is 0. The molecule has 0 atom stereocenters. The van der Waals surface area contributed by atoms with Crippen LogP contribution in [0.2, 0.25) is 0 Å². The average molecular weight is 358 g/mol. The van der Waals surface area contributed by atoms with Gasteiger partial charge in [0.05, 0.1) is 16.9 Å². The van der Waals surface area contributed by atoms with Crippen molar-refractivity contribution in [2.75, 3.05) is 30.3 Å². The van der Waals surface area contributed by atoms with Crippen LogP contribution in [0.25, 0.3) is 0 Å². The van der Waals surface area contributed by atoms with Crippen LogP contribution in [-0.4, -0.2) is 25.5 Å². The lowest BCUT2D eigenvalue weighted by atomic mass is 9.96. The molecular weight excluding hydrogens is 335 g/mol. The van der Waals surface area contributed by atoms with Gasteiger partial charge in [0.15, 0.2) is 0 Å². The van der Waals surface area contributed by atoms with Gasteiger partial charge in [-0.15, -0.1) is 37.2 Å². The first kappa shape index (κ1) is 22.4. The number of benzene rings is 1. The lowest BCUT2D eigenvalue weighted by Gasteiger charge is -2.34. The van der Waals surface area contributed by atoms with E-state index in [1.807, 2.05) is 0 Å². The topological polar surface area (TPSA) is 98.4 Å². The number of anilines is 2. The van der Waals surface area contributed by atoms with E-state index in [1.54, 1.807) is 18.2 Å². The van der Waals surface area contributed by atoms with Crippen LogP contribution < -0.4 is 22.1 Å². The van der Waals surface area contributed by atoms with Crippen molar-refractivity contribution >= 4 is 54.5 Å². The van der Waals surface area contributed by atoms with Gasteiger partial charge in [0, 0.05) is 13.1 Å². The third kappa shape index (κ3) is 5.11. The second kappa shape index (κ2) is 9.95. The summed E-state index contributed by atoms with van der Waals surface area (Å²) in [6.07, 6.45) is 2.06. The van der Waals surface area contributed by atoms with Gasteiger partial charge in [0.2, 0.25) is 0 Å². The molecular formula is C13H23Cl3N4O. The van der Waals surface area contributed by atoms with Crippen LogP contribution in [0.4, 0.5) is 11.4 Å². The van der Waals surface area contributed by atoms with Gasteiger partial charge in [-0.3, -0.25) is 4.79 Å². The van der Waals surface area contributed by atoms with Gasteiger partial charge in [-0.25, -0.2) is 0 Å². The number of nitrogens with zero attached hydrogens (tertiary/aromatic N) is 1. The number of carbonyl (C=O) groups is 1. The first-order valence-electron chi connectivity index (χ1n) is 6.26. The maximum atomic E-state index is 11.5. The fourth-order valence-electron chi connectivity index (χ4n) is 2.51. The molecule has 1 saturated heterocycles. The Morgan fingerprint density at radius 2 is 1.76 bits per heavy atom. The van der Waals surface area contributed by atoms with Crippen molar-refractivity contribution in [3.05, 3.63) is 23.8 Å². The predicted octanol–water partition coefficient (Wildman–Crippen LogP) is 1.81. The molecule has 122 valence electrons. The van der Waals surface area contributed by atoms with Gasteiger partial charge in [-0.05, 0) is 37.4 Å². The Bertz CT molecular complexity index is 451. The fraction of sp³-hybridized carbons (Fsp3) is 0.462. The molecule has 0 aromatic heterocycles. The van der Waals surface area contributed by atoms with Crippen molar-refractivity contribution < 1.29 is 4.79 Å². The number of piperidine rings is 1. The van der Waals surface area contributed by atoms with E-state index in [9.17, 15) is 4.79 Å². The number of amides is 1. The van der Waals surface area contributed by atoms with Crippen LogP contribution in [0.5, 0.6) is 0 Å². The molecule has 1 aromatic rings. The van der Waals surface area contributed by atoms with Gasteiger partial charge in [-0.2, -0.15) is 0 Å². The largest absolute Gasteiger partial charge is 0.397 e. The van der Waals surface area contributed by atoms with E-state index in [2.05, 4.69) is 4.90 Å². The second-order valence-corrected chi connectivity index (χ2v) is 4.77. The summed E-state index contributed by atoms with van der Waals surface area (Å²) in [7, 11) is 0. The lowest BCUT2D eigenvalue weighted by molar-refractivity contribution is 0.100. The molecule has 8 heteroatoms. The van der Waals surface area contributed by atoms with Crippen molar-refractivity contribution in [2.24, 2.45) is 17.4 Å². The zero-order valence-electron chi connectivity index (χ0n) is 11.7. The Labute approximate surface area is 143 Å². The van der Waals surface area contributed by atoms with Crippen molar-refractivity contribution in [3.8, 4) is 0 Å². The molecule has 1 aromatic carbocycles. The minimum absolute atomic E-state index is 0. The van der Waals surface area contributed by atoms with Crippen LogP contribution in [0.1, 0.15) is 23.2 Å². The van der Waals surface area contributed by atoms with Crippen LogP contribution in [0.15, 0.2) is 18.2 Å². The number of halogens is 3. The Balaban J connectivity index is 0. The number of carbonyl (C=O) groups excluding carboxylic acids is 1. The molecule has 5 nitrogen and oxygen atoms in total. The number of nitrogen functional groups attached to an aromatic ring is 1. The maximum absolute atomic E-state index is 11.5. The average Bonchev–Trinajstić information content (AvgIpc) is 2.38. The minimum atomic E-state index is -0.432. The Kier molecular flexibility index (Phi) is 10.6. The van der Waals surface area contributed by atoms with Gasteiger partial charge in [0.25, 0.3) is 5.91 Å². The zero-order valence-corrected chi connectivity index (χ0v) is 14.1. The number of hydrogen-bond acceptors (Lipinski definition) is 4. The number of rotatable bonds is 3. The molecule has 2 rings (SSSR count). The molecule has 1 aliphatic rings. The molecule has 1 fully saturated rings. The smallest absolute Gasteiger partial charge is 0.250 e. The zero-order chi connectivity index (χ0) is 13.1. The van der Waals surface area contributed by atoms with Crippen LogP contribution in [0, 0.1) is 5.92 Å². The van der Waals surface area contributed by atoms with Crippen molar-refractivity contribution in [2.45, 2.75) is 12.8 Å². The van der Waals surface area contributed by atoms with E-state index in [4.69, 9.17) is 17.2 Å². The van der Waals surface area contributed by atoms with Gasteiger partial charge < -0.3 is 22.1 Å². The van der Waals surface area contributed by atoms with E-state index in [1.165, 1.54) is 0 Å². The number of para-hydroxylation sites is 1. The number of hydrogen-bond donors (Lipinski definition) is 3. The van der Waals surface area contributed by atoms with E-state index in [0.29, 0.717) is 17.2 Å². The quantitative estimate of drug-likeness (QED) is 0.718. The standard InChI is InChI=1S/C13H20N4O.3ClH/c14-8-9-4-6-17(7-5-9)12-10(13(16)18)2-1-3-11(12)15;;;/h1-3,9H,4-8,14-15H2,(H2,16,18);3*1H. The molecule has 1 amide bonds. The molecule has 0 aliphatic carbocycles. The molecule has 6 N–H and O–H groups in total. The van der Waals surface area contributed by atoms with Gasteiger partial charge >= 0.3 is 0 Å². The molecule has 0 unspecified atom stereocenters. The highest BCUT2D eigenvalue weighted by molar-refractivity contribution is 6.01. The summed E-state index contributed by atoms with van der Waals surface area (Å²) in [6.45, 7) is 2.47. The van der Waals surface area contributed by atoms with Crippen molar-refractivity contribution in [3.63, 3.8) is 0 Å². The van der Waals surface area contributed by atoms with Crippen molar-refractivity contribution in [1.82, 2.24) is 0 Å². The first-order valence-corrected chi connectivity index (χ1v) is 6.26. The van der Waals surface area contributed by atoms with Gasteiger partial charge in [-0.1, -0.05) is 6.07 Å². The summed E-state index contributed by atoms with van der Waals surface area (Å²) >= 11 is 0. The molecule has 0 bridgehead atoms. The summed E-state index contributed by atoms with van der Waals surface area (Å²) in [5.41, 5.74) is 19.0. The number of nitrogens with two attached hydrogens (primary N) is 3. The van der Waals surface area contributed by atoms with E-state index < -0.39 is 5.91 Å². The fourth-order valence-corrected chi connectivity index (χ4v) is 2.51. The van der Waals surface area contributed by atoms with E-state index in [0.717, 1.165) is 38.2 Å². The van der Waals surface area contributed by atoms with Gasteiger partial charge in [0.1, 0.15) is 0 Å². The lowest BCUT2D eigenvalue weighted by Crippen LogP contribution is -2.37. The molecule has 0 radical (unpaired) electrons. The van der Waals surface area contributed by atoms with Crippen LogP contribution >= 0.6 is 37.2 Å². The third-order valence-corrected chi connectivity index (χ3v) is 3.60. The molecule has 0 spiro atoms. The molecule has 1 heterocycles.